The summed E-state index contributed by atoms with van der Waals surface area (Å²) in [5.41, 5.74) is 2.89. The van der Waals surface area contributed by atoms with Gasteiger partial charge in [-0.15, -0.1) is 23.1 Å². The van der Waals surface area contributed by atoms with Crippen LogP contribution in [-0.2, 0) is 19.6 Å². The molecule has 0 saturated carbocycles. The zero-order valence-corrected chi connectivity index (χ0v) is 19.0. The Labute approximate surface area is 189 Å². The molecule has 0 aliphatic rings. The van der Waals surface area contributed by atoms with Crippen LogP contribution < -0.4 is 5.56 Å². The Bertz CT molecular complexity index is 1290. The lowest BCUT2D eigenvalue weighted by molar-refractivity contribution is 0.304. The minimum atomic E-state index is -0.153. The van der Waals surface area contributed by atoms with E-state index in [0.717, 1.165) is 17.7 Å². The number of thiophene rings is 1. The second-order valence-corrected chi connectivity index (χ2v) is 9.03. The molecular weight excluding hydrogens is 424 g/mol. The normalized spacial score (nSPS) is 11.2. The molecule has 0 saturated heterocycles. The topological polar surface area (TPSA) is 61.9 Å². The zero-order valence-electron chi connectivity index (χ0n) is 17.4. The fraction of sp³-hybridized carbons (Fsp3) is 0.208. The van der Waals surface area contributed by atoms with Gasteiger partial charge in [-0.3, -0.25) is 14.3 Å². The minimum Gasteiger partial charge on any atom is -0.295 e. The van der Waals surface area contributed by atoms with Crippen LogP contribution in [0.1, 0.15) is 11.4 Å². The average molecular weight is 447 g/mol. The fourth-order valence-corrected chi connectivity index (χ4v) is 4.96. The number of nitriles is 1. The maximum absolute atomic E-state index is 13.4. The molecule has 0 atom stereocenters. The molecule has 31 heavy (non-hydrogen) atoms. The van der Waals surface area contributed by atoms with Gasteiger partial charge in [0, 0.05) is 22.4 Å². The Balaban J connectivity index is 1.68. The number of rotatable bonds is 7. The summed E-state index contributed by atoms with van der Waals surface area (Å²) in [5, 5.41) is 11.9. The quantitative estimate of drug-likeness (QED) is 0.374. The molecule has 0 unspecified atom stereocenters. The van der Waals surface area contributed by atoms with Crippen molar-refractivity contribution < 1.29 is 0 Å². The summed E-state index contributed by atoms with van der Waals surface area (Å²) in [5.74, 6) is 0.615. The van der Waals surface area contributed by atoms with Gasteiger partial charge in [0.15, 0.2) is 0 Å². The lowest BCUT2D eigenvalue weighted by Crippen LogP contribution is -2.29. The van der Waals surface area contributed by atoms with Crippen molar-refractivity contribution in [3.8, 4) is 17.2 Å². The van der Waals surface area contributed by atoms with Gasteiger partial charge < -0.3 is 0 Å². The number of nitrogens with zero attached hydrogens (tertiary/aromatic N) is 4. The third-order valence-corrected chi connectivity index (χ3v) is 6.73. The number of aromatic nitrogens is 2. The molecule has 4 aromatic rings. The molecule has 156 valence electrons. The van der Waals surface area contributed by atoms with Crippen molar-refractivity contribution in [2.75, 3.05) is 13.3 Å². The highest BCUT2D eigenvalue weighted by Gasteiger charge is 2.18. The van der Waals surface area contributed by atoms with Crippen LogP contribution in [0.5, 0.6) is 0 Å². The standard InChI is InChI=1S/C24H22N4OS2/c1-27(14-17-8-10-19(30-2)11-9-17)15-21-26-23-22(24(29)28(21)13-12-25)20(16-31-23)18-6-4-3-5-7-18/h3-11,16H,13-15H2,1-2H3. The van der Waals surface area contributed by atoms with Crippen LogP contribution >= 0.6 is 23.1 Å². The second-order valence-electron chi connectivity index (χ2n) is 7.29. The van der Waals surface area contributed by atoms with Crippen LogP contribution in [0, 0.1) is 11.3 Å². The Kier molecular flexibility index (Phi) is 6.52. The summed E-state index contributed by atoms with van der Waals surface area (Å²) in [6.45, 7) is 1.20. The first kappa shape index (κ1) is 21.3. The van der Waals surface area contributed by atoms with Crippen LogP contribution in [-0.4, -0.2) is 27.8 Å². The lowest BCUT2D eigenvalue weighted by atomic mass is 10.1. The van der Waals surface area contributed by atoms with E-state index in [9.17, 15) is 10.1 Å². The van der Waals surface area contributed by atoms with Gasteiger partial charge in [-0.05, 0) is 36.6 Å². The van der Waals surface area contributed by atoms with E-state index < -0.39 is 0 Å². The van der Waals surface area contributed by atoms with Crippen molar-refractivity contribution in [2.24, 2.45) is 0 Å². The first-order valence-corrected chi connectivity index (χ1v) is 12.0. The highest BCUT2D eigenvalue weighted by atomic mass is 32.2. The molecule has 0 aliphatic heterocycles. The predicted molar refractivity (Wildman–Crippen MR) is 128 cm³/mol. The molecule has 0 N–H and O–H groups in total. The smallest absolute Gasteiger partial charge is 0.263 e. The lowest BCUT2D eigenvalue weighted by Gasteiger charge is -2.19. The van der Waals surface area contributed by atoms with Crippen molar-refractivity contribution in [2.45, 2.75) is 24.5 Å². The van der Waals surface area contributed by atoms with Crippen molar-refractivity contribution >= 4 is 33.3 Å². The van der Waals surface area contributed by atoms with Gasteiger partial charge in [-0.25, -0.2) is 4.98 Å². The van der Waals surface area contributed by atoms with E-state index >= 15 is 0 Å². The summed E-state index contributed by atoms with van der Waals surface area (Å²) in [4.78, 5) is 22.2. The van der Waals surface area contributed by atoms with E-state index in [1.165, 1.54) is 26.4 Å². The molecule has 2 aromatic carbocycles. The van der Waals surface area contributed by atoms with Crippen molar-refractivity contribution in [1.82, 2.24) is 14.5 Å². The van der Waals surface area contributed by atoms with Crippen LogP contribution in [0.3, 0.4) is 0 Å². The summed E-state index contributed by atoms with van der Waals surface area (Å²) in [7, 11) is 2.00. The SMILES string of the molecule is CSc1ccc(CN(C)Cc2nc3scc(-c4ccccc4)c3c(=O)n2CC#N)cc1. The second kappa shape index (κ2) is 9.48. The molecular formula is C24H22N4OS2. The van der Waals surface area contributed by atoms with Crippen LogP contribution in [0.2, 0.25) is 0 Å². The Hall–Kier alpha value is -2.92. The third-order valence-electron chi connectivity index (χ3n) is 5.11. The number of hydrogen-bond donors (Lipinski definition) is 0. The molecule has 0 spiro atoms. The molecule has 5 nitrogen and oxygen atoms in total. The number of hydrogen-bond acceptors (Lipinski definition) is 6. The van der Waals surface area contributed by atoms with Crippen LogP contribution in [0.15, 0.2) is 69.7 Å². The van der Waals surface area contributed by atoms with Gasteiger partial charge in [0.25, 0.3) is 5.56 Å². The van der Waals surface area contributed by atoms with E-state index in [-0.39, 0.29) is 12.1 Å². The maximum Gasteiger partial charge on any atom is 0.263 e. The largest absolute Gasteiger partial charge is 0.295 e. The highest BCUT2D eigenvalue weighted by Crippen LogP contribution is 2.31. The van der Waals surface area contributed by atoms with E-state index in [4.69, 9.17) is 4.98 Å². The van der Waals surface area contributed by atoms with Gasteiger partial charge in [0.05, 0.1) is 18.0 Å². The predicted octanol–water partition coefficient (Wildman–Crippen LogP) is 5.00. The van der Waals surface area contributed by atoms with Crippen LogP contribution in [0.25, 0.3) is 21.3 Å². The van der Waals surface area contributed by atoms with E-state index in [1.54, 1.807) is 11.8 Å². The third kappa shape index (κ3) is 4.57. The van der Waals surface area contributed by atoms with E-state index in [2.05, 4.69) is 41.5 Å². The Morgan fingerprint density at radius 3 is 2.55 bits per heavy atom. The monoisotopic (exact) mass is 446 g/mol. The van der Waals surface area contributed by atoms with E-state index in [1.807, 2.05) is 42.8 Å². The van der Waals surface area contributed by atoms with Gasteiger partial charge in [0.1, 0.15) is 17.2 Å². The van der Waals surface area contributed by atoms with Gasteiger partial charge in [-0.2, -0.15) is 5.26 Å². The molecule has 0 bridgehead atoms. The highest BCUT2D eigenvalue weighted by molar-refractivity contribution is 7.98. The van der Waals surface area contributed by atoms with Gasteiger partial charge in [-0.1, -0.05) is 42.5 Å². The summed E-state index contributed by atoms with van der Waals surface area (Å²) < 4.78 is 1.51. The molecule has 0 fully saturated rings. The summed E-state index contributed by atoms with van der Waals surface area (Å²) in [6.07, 6.45) is 2.06. The number of benzene rings is 2. The zero-order chi connectivity index (χ0) is 21.8. The van der Waals surface area contributed by atoms with E-state index in [0.29, 0.717) is 22.6 Å². The van der Waals surface area contributed by atoms with Gasteiger partial charge >= 0.3 is 0 Å². The Morgan fingerprint density at radius 2 is 1.87 bits per heavy atom. The molecule has 2 aromatic heterocycles. The van der Waals surface area contributed by atoms with Gasteiger partial charge in [0.2, 0.25) is 0 Å². The summed E-state index contributed by atoms with van der Waals surface area (Å²) >= 11 is 3.19. The Morgan fingerprint density at radius 1 is 1.13 bits per heavy atom. The molecule has 0 amide bonds. The van der Waals surface area contributed by atoms with Crippen molar-refractivity contribution in [3.05, 3.63) is 81.7 Å². The first-order chi connectivity index (χ1) is 15.1. The van der Waals surface area contributed by atoms with Crippen LogP contribution in [0.4, 0.5) is 0 Å². The van der Waals surface area contributed by atoms with Crippen molar-refractivity contribution in [3.63, 3.8) is 0 Å². The molecule has 7 heteroatoms. The fourth-order valence-electron chi connectivity index (χ4n) is 3.59. The first-order valence-electron chi connectivity index (χ1n) is 9.85. The molecule has 4 rings (SSSR count). The van der Waals surface area contributed by atoms with Crippen molar-refractivity contribution in [1.29, 1.82) is 5.26 Å². The number of thioether (sulfide) groups is 1. The summed E-state index contributed by atoms with van der Waals surface area (Å²) in [6, 6.07) is 20.4. The molecule has 0 radical (unpaired) electrons. The minimum absolute atomic E-state index is 0.0164. The average Bonchev–Trinajstić information content (AvgIpc) is 3.21. The number of fused-ring (bicyclic) bond motifs is 1. The molecule has 2 heterocycles. The maximum atomic E-state index is 13.4. The molecule has 0 aliphatic carbocycles.